The first-order valence-corrected chi connectivity index (χ1v) is 4.37. The van der Waals surface area contributed by atoms with Gasteiger partial charge in [-0.05, 0) is 18.8 Å². The van der Waals surface area contributed by atoms with Crippen molar-refractivity contribution in [3.8, 4) is 11.8 Å². The molecule has 0 aliphatic heterocycles. The summed E-state index contributed by atoms with van der Waals surface area (Å²) in [6.07, 6.45) is 3.27. The molecule has 0 fully saturated rings. The molecule has 12 heavy (non-hydrogen) atoms. The Morgan fingerprint density at radius 1 is 1.50 bits per heavy atom. The summed E-state index contributed by atoms with van der Waals surface area (Å²) in [6, 6.07) is 0. The molecule has 0 aromatic carbocycles. The van der Waals surface area contributed by atoms with Crippen molar-refractivity contribution in [3.63, 3.8) is 0 Å². The second-order valence-corrected chi connectivity index (χ2v) is 2.84. The number of rotatable bonds is 4. The Kier molecular flexibility index (Phi) is 6.41. The zero-order valence-electron chi connectivity index (χ0n) is 7.76. The summed E-state index contributed by atoms with van der Waals surface area (Å²) in [7, 11) is 0. The zero-order chi connectivity index (χ0) is 9.40. The van der Waals surface area contributed by atoms with Crippen molar-refractivity contribution in [2.45, 2.75) is 45.6 Å². The molecule has 1 N–H and O–H groups in total. The van der Waals surface area contributed by atoms with Gasteiger partial charge in [0.05, 0.1) is 0 Å². The number of unbranched alkanes of at least 4 members (excludes halogenated alkanes) is 2. The lowest BCUT2D eigenvalue weighted by Crippen LogP contribution is -2.02. The zero-order valence-corrected chi connectivity index (χ0v) is 7.76. The number of aliphatic hydroxyl groups is 1. The van der Waals surface area contributed by atoms with E-state index in [2.05, 4.69) is 18.8 Å². The molecule has 68 valence electrons. The molecule has 0 saturated carbocycles. The van der Waals surface area contributed by atoms with Crippen LogP contribution < -0.4 is 0 Å². The average Bonchev–Trinajstić information content (AvgIpc) is 2.01. The highest BCUT2D eigenvalue weighted by atomic mass is 16.3. The standard InChI is InChI=1S/C10H16O2/c1-3-4-5-6-10(12)8-7-9(2)11/h10,12H,3-6H2,1-2H3. The minimum Gasteiger partial charge on any atom is -0.380 e. The Balaban J connectivity index is 3.54. The number of hydrogen-bond donors (Lipinski definition) is 1. The monoisotopic (exact) mass is 168 g/mol. The molecule has 0 aliphatic carbocycles. The minimum absolute atomic E-state index is 0.190. The van der Waals surface area contributed by atoms with Gasteiger partial charge in [-0.2, -0.15) is 0 Å². The molecule has 2 nitrogen and oxygen atoms in total. The lowest BCUT2D eigenvalue weighted by atomic mass is 10.1. The van der Waals surface area contributed by atoms with Crippen LogP contribution in [0.1, 0.15) is 39.5 Å². The van der Waals surface area contributed by atoms with E-state index in [9.17, 15) is 9.90 Å². The first kappa shape index (κ1) is 11.2. The second-order valence-electron chi connectivity index (χ2n) is 2.84. The molecule has 0 heterocycles. The van der Waals surface area contributed by atoms with Crippen LogP contribution in [0.25, 0.3) is 0 Å². The number of carbonyl (C=O) groups is 1. The van der Waals surface area contributed by atoms with Crippen molar-refractivity contribution in [1.29, 1.82) is 0 Å². The summed E-state index contributed by atoms with van der Waals surface area (Å²) in [4.78, 5) is 10.4. The van der Waals surface area contributed by atoms with E-state index in [1.54, 1.807) is 0 Å². The molecule has 0 spiro atoms. The number of hydrogen-bond acceptors (Lipinski definition) is 2. The van der Waals surface area contributed by atoms with E-state index in [1.807, 2.05) is 0 Å². The molecule has 0 saturated heterocycles. The second kappa shape index (κ2) is 6.87. The summed E-state index contributed by atoms with van der Waals surface area (Å²) in [5, 5.41) is 9.20. The van der Waals surface area contributed by atoms with Gasteiger partial charge in [0.25, 0.3) is 0 Å². The lowest BCUT2D eigenvalue weighted by molar-refractivity contribution is -0.111. The molecule has 0 radical (unpaired) electrons. The Labute approximate surface area is 74.0 Å². The predicted octanol–water partition coefficient (Wildman–Crippen LogP) is 1.52. The first-order chi connectivity index (χ1) is 5.66. The topological polar surface area (TPSA) is 37.3 Å². The van der Waals surface area contributed by atoms with Crippen LogP contribution in [0, 0.1) is 11.8 Å². The van der Waals surface area contributed by atoms with Gasteiger partial charge in [-0.3, -0.25) is 4.79 Å². The Bertz CT molecular complexity index is 186. The van der Waals surface area contributed by atoms with Gasteiger partial charge in [0.2, 0.25) is 5.78 Å². The number of aliphatic hydroxyl groups excluding tert-OH is 1. The van der Waals surface area contributed by atoms with Crippen LogP contribution in [-0.2, 0) is 4.79 Å². The number of carbonyl (C=O) groups excluding carboxylic acids is 1. The van der Waals surface area contributed by atoms with E-state index in [-0.39, 0.29) is 5.78 Å². The summed E-state index contributed by atoms with van der Waals surface area (Å²) in [5.74, 6) is 4.64. The van der Waals surface area contributed by atoms with E-state index in [0.717, 1.165) is 19.3 Å². The van der Waals surface area contributed by atoms with Gasteiger partial charge in [0, 0.05) is 6.92 Å². The summed E-state index contributed by atoms with van der Waals surface area (Å²) >= 11 is 0. The summed E-state index contributed by atoms with van der Waals surface area (Å²) < 4.78 is 0. The quantitative estimate of drug-likeness (QED) is 0.392. The lowest BCUT2D eigenvalue weighted by Gasteiger charge is -2.00. The van der Waals surface area contributed by atoms with Crippen molar-refractivity contribution >= 4 is 5.78 Å². The molecule has 0 amide bonds. The molecule has 0 rings (SSSR count). The van der Waals surface area contributed by atoms with E-state index < -0.39 is 6.10 Å². The van der Waals surface area contributed by atoms with Gasteiger partial charge in [-0.15, -0.1) is 0 Å². The Morgan fingerprint density at radius 3 is 2.67 bits per heavy atom. The molecule has 0 aliphatic rings. The van der Waals surface area contributed by atoms with Crippen molar-refractivity contribution in [3.05, 3.63) is 0 Å². The number of Topliss-reactive ketones (excluding diaryl/α,β-unsaturated/α-hetero) is 1. The van der Waals surface area contributed by atoms with Gasteiger partial charge < -0.3 is 5.11 Å². The maximum Gasteiger partial charge on any atom is 0.202 e. The van der Waals surface area contributed by atoms with E-state index in [0.29, 0.717) is 6.42 Å². The fourth-order valence-electron chi connectivity index (χ4n) is 0.845. The molecule has 0 aromatic rings. The molecule has 2 heteroatoms. The van der Waals surface area contributed by atoms with Gasteiger partial charge in [0.15, 0.2) is 0 Å². The highest BCUT2D eigenvalue weighted by molar-refractivity contribution is 5.93. The Hall–Kier alpha value is -0.810. The van der Waals surface area contributed by atoms with Crippen LogP contribution >= 0.6 is 0 Å². The predicted molar refractivity (Wildman–Crippen MR) is 48.6 cm³/mol. The molecular weight excluding hydrogens is 152 g/mol. The van der Waals surface area contributed by atoms with E-state index >= 15 is 0 Å². The van der Waals surface area contributed by atoms with E-state index in [4.69, 9.17) is 0 Å². The third-order valence-corrected chi connectivity index (χ3v) is 1.50. The van der Waals surface area contributed by atoms with Crippen LogP contribution in [0.3, 0.4) is 0 Å². The smallest absolute Gasteiger partial charge is 0.202 e. The maximum atomic E-state index is 10.4. The van der Waals surface area contributed by atoms with Crippen molar-refractivity contribution < 1.29 is 9.90 Å². The van der Waals surface area contributed by atoms with Crippen molar-refractivity contribution in [1.82, 2.24) is 0 Å². The highest BCUT2D eigenvalue weighted by Crippen LogP contribution is 2.01. The largest absolute Gasteiger partial charge is 0.380 e. The third-order valence-electron chi connectivity index (χ3n) is 1.50. The third kappa shape index (κ3) is 7.30. The van der Waals surface area contributed by atoms with Gasteiger partial charge in [-0.1, -0.05) is 25.7 Å². The van der Waals surface area contributed by atoms with Gasteiger partial charge >= 0.3 is 0 Å². The van der Waals surface area contributed by atoms with Crippen LogP contribution in [0.15, 0.2) is 0 Å². The van der Waals surface area contributed by atoms with Gasteiger partial charge in [0.1, 0.15) is 6.10 Å². The summed E-state index contributed by atoms with van der Waals surface area (Å²) in [5.41, 5.74) is 0. The number of ketones is 1. The van der Waals surface area contributed by atoms with Crippen molar-refractivity contribution in [2.75, 3.05) is 0 Å². The Morgan fingerprint density at radius 2 is 2.17 bits per heavy atom. The fraction of sp³-hybridized carbons (Fsp3) is 0.700. The van der Waals surface area contributed by atoms with Crippen LogP contribution in [0.4, 0.5) is 0 Å². The van der Waals surface area contributed by atoms with Crippen LogP contribution in [0.2, 0.25) is 0 Å². The highest BCUT2D eigenvalue weighted by Gasteiger charge is 1.97. The average molecular weight is 168 g/mol. The maximum absolute atomic E-state index is 10.4. The SMILES string of the molecule is CCCCCC(O)C#CC(C)=O. The van der Waals surface area contributed by atoms with Gasteiger partial charge in [-0.25, -0.2) is 0 Å². The minimum atomic E-state index is -0.625. The van der Waals surface area contributed by atoms with Crippen LogP contribution in [-0.4, -0.2) is 17.0 Å². The normalized spacial score (nSPS) is 11.6. The molecule has 0 aromatic heterocycles. The molecule has 1 unspecified atom stereocenters. The molecule has 1 atom stereocenters. The van der Waals surface area contributed by atoms with Crippen molar-refractivity contribution in [2.24, 2.45) is 0 Å². The molecule has 0 bridgehead atoms. The molecular formula is C10H16O2. The summed E-state index contributed by atoms with van der Waals surface area (Å²) in [6.45, 7) is 3.50. The fourth-order valence-corrected chi connectivity index (χ4v) is 0.845. The first-order valence-electron chi connectivity index (χ1n) is 4.37. The van der Waals surface area contributed by atoms with Crippen LogP contribution in [0.5, 0.6) is 0 Å². The van der Waals surface area contributed by atoms with E-state index in [1.165, 1.54) is 6.92 Å².